The maximum atomic E-state index is 13.2. The van der Waals surface area contributed by atoms with Crippen molar-refractivity contribution >= 4 is 15.7 Å². The van der Waals surface area contributed by atoms with Gasteiger partial charge in [0.1, 0.15) is 0 Å². The van der Waals surface area contributed by atoms with Gasteiger partial charge in [-0.1, -0.05) is 48.5 Å². The third-order valence-electron chi connectivity index (χ3n) is 4.02. The second kappa shape index (κ2) is 8.22. The van der Waals surface area contributed by atoms with Gasteiger partial charge in [0, 0.05) is 12.6 Å². The van der Waals surface area contributed by atoms with Crippen LogP contribution in [0.15, 0.2) is 72.1 Å². The Kier molecular flexibility index (Phi) is 6.25. The van der Waals surface area contributed by atoms with Crippen molar-refractivity contribution in [3.8, 4) is 0 Å². The number of para-hydroxylation sites is 1. The van der Waals surface area contributed by atoms with Crippen LogP contribution >= 0.6 is 0 Å². The molecule has 0 bridgehead atoms. The summed E-state index contributed by atoms with van der Waals surface area (Å²) >= 11 is 0. The number of sulfonamides is 1. The fourth-order valence-electron chi connectivity index (χ4n) is 2.53. The Bertz CT molecular complexity index is 883. The summed E-state index contributed by atoms with van der Waals surface area (Å²) in [5.41, 5.74) is 0.184. The number of nitro benzene ring substituents is 1. The molecule has 0 aliphatic heterocycles. The van der Waals surface area contributed by atoms with Crippen molar-refractivity contribution < 1.29 is 18.4 Å². The number of rotatable bonds is 8. The van der Waals surface area contributed by atoms with Gasteiger partial charge in [-0.2, -0.15) is 4.31 Å². The predicted octanol–water partition coefficient (Wildman–Crippen LogP) is 2.72. The van der Waals surface area contributed by atoms with Gasteiger partial charge in [-0.05, 0) is 18.6 Å². The first kappa shape index (κ1) is 19.8. The van der Waals surface area contributed by atoms with E-state index in [4.69, 9.17) is 0 Å². The molecular formula is C18H20N2O5S. The molecule has 1 N–H and O–H groups in total. The molecule has 0 aliphatic carbocycles. The quantitative estimate of drug-likeness (QED) is 0.434. The van der Waals surface area contributed by atoms with E-state index in [9.17, 15) is 23.6 Å². The number of aliphatic hydroxyl groups is 1. The fourth-order valence-corrected chi connectivity index (χ4v) is 4.32. The van der Waals surface area contributed by atoms with Gasteiger partial charge in [0.25, 0.3) is 15.7 Å². The molecule has 0 saturated heterocycles. The molecule has 0 fully saturated rings. The molecule has 0 amide bonds. The van der Waals surface area contributed by atoms with Crippen LogP contribution in [-0.4, -0.2) is 34.9 Å². The number of hydrogen-bond donors (Lipinski definition) is 1. The van der Waals surface area contributed by atoms with E-state index in [1.54, 1.807) is 30.3 Å². The molecule has 0 aliphatic rings. The Morgan fingerprint density at radius 1 is 1.19 bits per heavy atom. The summed E-state index contributed by atoms with van der Waals surface area (Å²) in [6, 6.07) is 13.1. The van der Waals surface area contributed by atoms with Crippen LogP contribution in [0.3, 0.4) is 0 Å². The number of benzene rings is 2. The van der Waals surface area contributed by atoms with E-state index in [2.05, 4.69) is 6.58 Å². The van der Waals surface area contributed by atoms with Crippen molar-refractivity contribution in [2.45, 2.75) is 30.5 Å². The third kappa shape index (κ3) is 4.16. The van der Waals surface area contributed by atoms with Gasteiger partial charge in [-0.25, -0.2) is 8.42 Å². The molecule has 2 rings (SSSR count). The van der Waals surface area contributed by atoms with E-state index < -0.39 is 37.7 Å². The summed E-state index contributed by atoms with van der Waals surface area (Å²) in [6.07, 6.45) is 0.105. The van der Waals surface area contributed by atoms with Crippen molar-refractivity contribution in [3.63, 3.8) is 0 Å². The zero-order valence-corrected chi connectivity index (χ0v) is 15.0. The molecule has 2 aromatic rings. The Labute approximate surface area is 152 Å². The molecule has 0 aromatic heterocycles. The summed E-state index contributed by atoms with van der Waals surface area (Å²) in [7, 11) is -4.25. The molecule has 7 nitrogen and oxygen atoms in total. The molecule has 0 heterocycles. The van der Waals surface area contributed by atoms with E-state index in [0.717, 1.165) is 10.4 Å². The smallest absolute Gasteiger partial charge is 0.289 e. The van der Waals surface area contributed by atoms with Crippen LogP contribution in [0.5, 0.6) is 0 Å². The highest BCUT2D eigenvalue weighted by Gasteiger charge is 2.36. The molecule has 0 saturated carbocycles. The zero-order chi connectivity index (χ0) is 19.3. The molecule has 8 heteroatoms. The Morgan fingerprint density at radius 3 is 2.35 bits per heavy atom. The fraction of sp³-hybridized carbons (Fsp3) is 0.222. The standard InChI is InChI=1S/C18H20N2O5S/c1-3-17(21)14(2)19(13-15-9-5-4-6-10-15)26(24,25)18-12-8-7-11-16(18)20(22)23/h3-12,14,17,21H,1,13H2,2H3/t14-,17+/m0/s1. The number of nitro groups is 1. The van der Waals surface area contributed by atoms with Gasteiger partial charge in [0.2, 0.25) is 0 Å². The van der Waals surface area contributed by atoms with Crippen molar-refractivity contribution in [2.24, 2.45) is 0 Å². The van der Waals surface area contributed by atoms with E-state index in [0.29, 0.717) is 5.56 Å². The number of nitrogens with zero attached hydrogens (tertiary/aromatic N) is 2. The minimum Gasteiger partial charge on any atom is -0.387 e. The van der Waals surface area contributed by atoms with E-state index >= 15 is 0 Å². The van der Waals surface area contributed by atoms with Gasteiger partial charge in [0.15, 0.2) is 4.90 Å². The van der Waals surface area contributed by atoms with Crippen LogP contribution in [0, 0.1) is 10.1 Å². The largest absolute Gasteiger partial charge is 0.387 e. The molecule has 2 aromatic carbocycles. The minimum atomic E-state index is -4.25. The molecule has 0 unspecified atom stereocenters. The monoisotopic (exact) mass is 376 g/mol. The van der Waals surface area contributed by atoms with Gasteiger partial charge in [-0.15, -0.1) is 6.58 Å². The Balaban J connectivity index is 2.56. The third-order valence-corrected chi connectivity index (χ3v) is 6.00. The number of hydrogen-bond acceptors (Lipinski definition) is 5. The zero-order valence-electron chi connectivity index (χ0n) is 14.2. The van der Waals surface area contributed by atoms with Gasteiger partial charge < -0.3 is 5.11 Å². The maximum absolute atomic E-state index is 13.2. The molecule has 0 spiro atoms. The lowest BCUT2D eigenvalue weighted by molar-refractivity contribution is -0.387. The second-order valence-corrected chi connectivity index (χ2v) is 7.59. The summed E-state index contributed by atoms with van der Waals surface area (Å²) in [4.78, 5) is 10.1. The Morgan fingerprint density at radius 2 is 1.77 bits per heavy atom. The van der Waals surface area contributed by atoms with Crippen LogP contribution in [-0.2, 0) is 16.6 Å². The van der Waals surface area contributed by atoms with E-state index in [1.165, 1.54) is 31.2 Å². The van der Waals surface area contributed by atoms with Gasteiger partial charge in [-0.3, -0.25) is 10.1 Å². The van der Waals surface area contributed by atoms with Crippen LogP contribution in [0.2, 0.25) is 0 Å². The number of aliphatic hydroxyl groups excluding tert-OH is 1. The first-order chi connectivity index (χ1) is 12.3. The van der Waals surface area contributed by atoms with Crippen molar-refractivity contribution in [3.05, 3.63) is 82.9 Å². The lowest BCUT2D eigenvalue weighted by Gasteiger charge is -2.30. The molecule has 0 radical (unpaired) electrons. The van der Waals surface area contributed by atoms with Crippen LogP contribution in [0.25, 0.3) is 0 Å². The summed E-state index contributed by atoms with van der Waals surface area (Å²) in [6.45, 7) is 4.98. The highest BCUT2D eigenvalue weighted by Crippen LogP contribution is 2.29. The molecular weight excluding hydrogens is 356 g/mol. The summed E-state index contributed by atoms with van der Waals surface area (Å²) in [5, 5.41) is 21.4. The average molecular weight is 376 g/mol. The summed E-state index contributed by atoms with van der Waals surface area (Å²) < 4.78 is 27.5. The lowest BCUT2D eigenvalue weighted by atomic mass is 10.1. The van der Waals surface area contributed by atoms with Gasteiger partial charge in [0.05, 0.1) is 17.1 Å². The highest BCUT2D eigenvalue weighted by molar-refractivity contribution is 7.89. The minimum absolute atomic E-state index is 0.0404. The maximum Gasteiger partial charge on any atom is 0.289 e. The lowest BCUT2D eigenvalue weighted by Crippen LogP contribution is -2.44. The van der Waals surface area contributed by atoms with Gasteiger partial charge >= 0.3 is 0 Å². The van der Waals surface area contributed by atoms with Crippen molar-refractivity contribution in [1.82, 2.24) is 4.31 Å². The van der Waals surface area contributed by atoms with Crippen molar-refractivity contribution in [1.29, 1.82) is 0 Å². The van der Waals surface area contributed by atoms with Crippen molar-refractivity contribution in [2.75, 3.05) is 0 Å². The van der Waals surface area contributed by atoms with Crippen LogP contribution in [0.1, 0.15) is 12.5 Å². The molecule has 138 valence electrons. The summed E-state index contributed by atoms with van der Waals surface area (Å²) in [5.74, 6) is 0. The predicted molar refractivity (Wildman–Crippen MR) is 97.9 cm³/mol. The highest BCUT2D eigenvalue weighted by atomic mass is 32.2. The topological polar surface area (TPSA) is 101 Å². The van der Waals surface area contributed by atoms with Crippen LogP contribution < -0.4 is 0 Å². The first-order valence-electron chi connectivity index (χ1n) is 7.89. The normalized spacial score (nSPS) is 14.0. The van der Waals surface area contributed by atoms with Crippen LogP contribution in [0.4, 0.5) is 5.69 Å². The molecule has 2 atom stereocenters. The van der Waals surface area contributed by atoms with E-state index in [-0.39, 0.29) is 6.54 Å². The molecule has 26 heavy (non-hydrogen) atoms. The SMILES string of the molecule is C=C[C@@H](O)[C@H](C)N(Cc1ccccc1)S(=O)(=O)c1ccccc1[N+](=O)[O-]. The van der Waals surface area contributed by atoms with E-state index in [1.807, 2.05) is 0 Å². The Hall–Kier alpha value is -2.55. The second-order valence-electron chi connectivity index (χ2n) is 5.73. The first-order valence-corrected chi connectivity index (χ1v) is 9.33. The average Bonchev–Trinajstić information content (AvgIpc) is 2.65.